The number of ether oxygens (including phenoxy) is 1. The summed E-state index contributed by atoms with van der Waals surface area (Å²) in [7, 11) is 0. The number of rotatable bonds is 10. The average Bonchev–Trinajstić information content (AvgIpc) is 2.94. The highest BCUT2D eigenvalue weighted by Gasteiger charge is 2.15. The molecule has 2 heteroatoms. The van der Waals surface area contributed by atoms with Crippen LogP contribution >= 0.6 is 0 Å². The van der Waals surface area contributed by atoms with Crippen molar-refractivity contribution in [2.45, 2.75) is 65.2 Å². The van der Waals surface area contributed by atoms with E-state index in [1.165, 1.54) is 74.3 Å². The minimum Gasteiger partial charge on any atom is -0.462 e. The van der Waals surface area contributed by atoms with Gasteiger partial charge in [-0.3, -0.25) is 0 Å². The van der Waals surface area contributed by atoms with Crippen LogP contribution < -0.4 is 0 Å². The summed E-state index contributed by atoms with van der Waals surface area (Å²) in [6, 6.07) is 22.6. The van der Waals surface area contributed by atoms with Gasteiger partial charge in [0, 0.05) is 17.6 Å². The highest BCUT2D eigenvalue weighted by Crippen LogP contribution is 2.41. The van der Waals surface area contributed by atoms with E-state index in [1.54, 1.807) is 6.92 Å². The van der Waals surface area contributed by atoms with Crippen LogP contribution in [-0.2, 0) is 16.0 Å². The second-order valence-corrected chi connectivity index (χ2v) is 10.4. The molecule has 0 amide bonds. The molecule has 0 aliphatic carbocycles. The fourth-order valence-corrected chi connectivity index (χ4v) is 5.60. The second-order valence-electron chi connectivity index (χ2n) is 10.4. The predicted molar refractivity (Wildman–Crippen MR) is 162 cm³/mol. The molecule has 0 radical (unpaired) electrons. The number of hydrogen-bond acceptors (Lipinski definition) is 2. The van der Waals surface area contributed by atoms with Gasteiger partial charge in [-0.25, -0.2) is 4.79 Å². The van der Waals surface area contributed by atoms with Crippen molar-refractivity contribution >= 4 is 49.1 Å². The van der Waals surface area contributed by atoms with Gasteiger partial charge in [-0.15, -0.1) is 0 Å². The van der Waals surface area contributed by atoms with E-state index in [1.807, 2.05) is 0 Å². The van der Waals surface area contributed by atoms with E-state index in [2.05, 4.69) is 86.0 Å². The van der Waals surface area contributed by atoms with Crippen LogP contribution in [0.4, 0.5) is 0 Å². The van der Waals surface area contributed by atoms with Crippen LogP contribution in [0.25, 0.3) is 43.1 Å². The Morgan fingerprint density at radius 1 is 0.763 bits per heavy atom. The first-order valence-corrected chi connectivity index (χ1v) is 14.0. The molecule has 192 valence electrons. The van der Waals surface area contributed by atoms with Crippen LogP contribution in [0.5, 0.6) is 0 Å². The Morgan fingerprint density at radius 2 is 1.42 bits per heavy atom. The first kappa shape index (κ1) is 25.8. The summed E-state index contributed by atoms with van der Waals surface area (Å²) in [6.07, 6.45) is 8.75. The van der Waals surface area contributed by atoms with Crippen molar-refractivity contribution < 1.29 is 9.53 Å². The van der Waals surface area contributed by atoms with Gasteiger partial charge in [0.1, 0.15) is 0 Å². The van der Waals surface area contributed by atoms with Gasteiger partial charge in [0.05, 0.1) is 6.61 Å². The molecule has 5 rings (SSSR count). The Bertz CT molecular complexity index is 1660. The highest BCUT2D eigenvalue weighted by molar-refractivity contribution is 6.33. The second kappa shape index (κ2) is 11.7. The smallest absolute Gasteiger partial charge is 0.333 e. The number of aryl methyl sites for hydroxylation is 1. The fourth-order valence-electron chi connectivity index (χ4n) is 5.60. The molecule has 0 aliphatic rings. The van der Waals surface area contributed by atoms with Gasteiger partial charge in [-0.2, -0.15) is 0 Å². The zero-order valence-corrected chi connectivity index (χ0v) is 22.7. The summed E-state index contributed by atoms with van der Waals surface area (Å²) < 4.78 is 5.17. The van der Waals surface area contributed by atoms with Crippen LogP contribution in [0.1, 0.15) is 69.9 Å². The highest BCUT2D eigenvalue weighted by atomic mass is 16.5. The quantitative estimate of drug-likeness (QED) is 0.0476. The normalized spacial score (nSPS) is 11.3. The summed E-state index contributed by atoms with van der Waals surface area (Å²) in [4.78, 5) is 11.5. The molecule has 38 heavy (non-hydrogen) atoms. The van der Waals surface area contributed by atoms with Crippen molar-refractivity contribution in [2.24, 2.45) is 0 Å². The van der Waals surface area contributed by atoms with Gasteiger partial charge in [0.15, 0.2) is 0 Å². The molecule has 0 spiro atoms. The standard InChI is InChI=1S/C36H36O2/c1-4-5-6-9-14-26-20-22-32-31-19-13-17-29-27(15-10-7-8-11-24-38-36(37)25(2)3)21-23-33(35(29)31)30-18-12-16-28(26)34(30)32/h12-13,16-23H,2,4-9,11,14,24H2,1,3H3. The van der Waals surface area contributed by atoms with Gasteiger partial charge in [0.25, 0.3) is 0 Å². The first-order valence-electron chi connectivity index (χ1n) is 14.0. The SMILES string of the molecule is C=C(C)C(=O)OCCCCC#Cc1ccc2c3cccc4c(CCCCCC)ccc(c5cccc1c25)c43. The van der Waals surface area contributed by atoms with Gasteiger partial charge in [-0.1, -0.05) is 99.2 Å². The number of fused-ring (bicyclic) bond motifs is 2. The molecule has 0 aromatic heterocycles. The summed E-state index contributed by atoms with van der Waals surface area (Å²) >= 11 is 0. The predicted octanol–water partition coefficient (Wildman–Crippen LogP) is 9.50. The van der Waals surface area contributed by atoms with Crippen molar-refractivity contribution in [1.29, 1.82) is 0 Å². The van der Waals surface area contributed by atoms with Crippen LogP contribution in [0.3, 0.4) is 0 Å². The lowest BCUT2D eigenvalue weighted by Crippen LogP contribution is -2.05. The van der Waals surface area contributed by atoms with E-state index in [0.717, 1.165) is 31.2 Å². The zero-order chi connectivity index (χ0) is 26.5. The topological polar surface area (TPSA) is 26.3 Å². The lowest BCUT2D eigenvalue weighted by atomic mass is 9.86. The Balaban J connectivity index is 1.46. The number of unbranched alkanes of at least 4 members (excludes halogenated alkanes) is 5. The van der Waals surface area contributed by atoms with Crippen molar-refractivity contribution in [3.63, 3.8) is 0 Å². The minimum absolute atomic E-state index is 0.319. The van der Waals surface area contributed by atoms with Gasteiger partial charge < -0.3 is 4.74 Å². The Morgan fingerprint density at radius 3 is 2.16 bits per heavy atom. The molecule has 2 nitrogen and oxygen atoms in total. The molecule has 0 fully saturated rings. The van der Waals surface area contributed by atoms with Crippen LogP contribution in [0, 0.1) is 11.8 Å². The molecule has 0 unspecified atom stereocenters. The first-order chi connectivity index (χ1) is 18.6. The molecule has 0 aliphatic heterocycles. The molecule has 5 aromatic carbocycles. The van der Waals surface area contributed by atoms with Crippen molar-refractivity contribution in [3.05, 3.63) is 83.9 Å². The molecule has 0 saturated carbocycles. The number of benzene rings is 5. The van der Waals surface area contributed by atoms with Crippen LogP contribution in [0.2, 0.25) is 0 Å². The van der Waals surface area contributed by atoms with E-state index in [-0.39, 0.29) is 5.97 Å². The Hall–Kier alpha value is -3.83. The largest absolute Gasteiger partial charge is 0.462 e. The molecular weight excluding hydrogens is 464 g/mol. The summed E-state index contributed by atoms with van der Waals surface area (Å²) in [5.41, 5.74) is 2.98. The summed E-state index contributed by atoms with van der Waals surface area (Å²) in [5, 5.41) is 10.6. The lowest BCUT2D eigenvalue weighted by molar-refractivity contribution is -0.139. The van der Waals surface area contributed by atoms with Crippen molar-refractivity contribution in [1.82, 2.24) is 0 Å². The Kier molecular flexibility index (Phi) is 7.94. The third kappa shape index (κ3) is 5.11. The van der Waals surface area contributed by atoms with E-state index < -0.39 is 0 Å². The third-order valence-corrected chi connectivity index (χ3v) is 7.55. The van der Waals surface area contributed by atoms with Gasteiger partial charge in [-0.05, 0) is 87.3 Å². The molecule has 0 bridgehead atoms. The van der Waals surface area contributed by atoms with Gasteiger partial charge >= 0.3 is 5.97 Å². The van der Waals surface area contributed by atoms with Crippen LogP contribution in [-0.4, -0.2) is 12.6 Å². The van der Waals surface area contributed by atoms with Crippen molar-refractivity contribution in [3.8, 4) is 11.8 Å². The van der Waals surface area contributed by atoms with Crippen LogP contribution in [0.15, 0.2) is 72.8 Å². The average molecular weight is 501 g/mol. The summed E-state index contributed by atoms with van der Waals surface area (Å²) in [5.74, 6) is 6.45. The van der Waals surface area contributed by atoms with E-state index >= 15 is 0 Å². The number of carbonyl (C=O) groups excluding carboxylic acids is 1. The number of esters is 1. The van der Waals surface area contributed by atoms with E-state index in [9.17, 15) is 4.79 Å². The number of carbonyl (C=O) groups is 1. The third-order valence-electron chi connectivity index (χ3n) is 7.55. The maximum atomic E-state index is 11.5. The number of hydrogen-bond donors (Lipinski definition) is 0. The lowest BCUT2D eigenvalue weighted by Gasteiger charge is -2.17. The monoisotopic (exact) mass is 500 g/mol. The minimum atomic E-state index is -0.319. The molecule has 0 N–H and O–H groups in total. The Labute approximate surface area is 226 Å². The maximum absolute atomic E-state index is 11.5. The molecule has 0 heterocycles. The molecule has 5 aromatic rings. The van der Waals surface area contributed by atoms with E-state index in [4.69, 9.17) is 4.74 Å². The van der Waals surface area contributed by atoms with Gasteiger partial charge in [0.2, 0.25) is 0 Å². The zero-order valence-electron chi connectivity index (χ0n) is 22.7. The van der Waals surface area contributed by atoms with Crippen molar-refractivity contribution in [2.75, 3.05) is 6.61 Å². The molecule has 0 atom stereocenters. The summed E-state index contributed by atoms with van der Waals surface area (Å²) in [6.45, 7) is 7.96. The maximum Gasteiger partial charge on any atom is 0.333 e. The van der Waals surface area contributed by atoms with E-state index in [0.29, 0.717) is 12.2 Å². The molecular formula is C36H36O2. The fraction of sp³-hybridized carbons (Fsp3) is 0.306. The molecule has 0 saturated heterocycles.